The molecular formula is C15H21N3O2S. The van der Waals surface area contributed by atoms with Gasteiger partial charge in [0, 0.05) is 24.4 Å². The Bertz CT molecular complexity index is 498. The van der Waals surface area contributed by atoms with Gasteiger partial charge in [0.05, 0.1) is 6.04 Å². The topological polar surface area (TPSA) is 70.2 Å². The molecule has 1 unspecified atom stereocenters. The SMILES string of the molecule is CNC(=O)Nc1ccc([C@H](C)NC(=O)C2CCSC2)cc1. The van der Waals surface area contributed by atoms with E-state index < -0.39 is 0 Å². The van der Waals surface area contributed by atoms with E-state index in [2.05, 4.69) is 16.0 Å². The van der Waals surface area contributed by atoms with E-state index in [0.717, 1.165) is 29.2 Å². The number of rotatable bonds is 4. The first-order valence-corrected chi connectivity index (χ1v) is 8.22. The fraction of sp³-hybridized carbons (Fsp3) is 0.467. The predicted octanol–water partition coefficient (Wildman–Crippen LogP) is 2.37. The second kappa shape index (κ2) is 7.36. The zero-order chi connectivity index (χ0) is 15.2. The van der Waals surface area contributed by atoms with E-state index in [1.165, 1.54) is 0 Å². The number of thioether (sulfide) groups is 1. The van der Waals surface area contributed by atoms with Crippen molar-refractivity contribution in [3.8, 4) is 0 Å². The maximum absolute atomic E-state index is 12.1. The van der Waals surface area contributed by atoms with Crippen LogP contribution in [-0.4, -0.2) is 30.5 Å². The molecule has 1 aliphatic rings. The van der Waals surface area contributed by atoms with Gasteiger partial charge in [-0.25, -0.2) is 4.79 Å². The monoisotopic (exact) mass is 307 g/mol. The molecule has 0 spiro atoms. The highest BCUT2D eigenvalue weighted by Gasteiger charge is 2.24. The van der Waals surface area contributed by atoms with Crippen molar-refractivity contribution in [2.24, 2.45) is 5.92 Å². The van der Waals surface area contributed by atoms with Gasteiger partial charge >= 0.3 is 6.03 Å². The van der Waals surface area contributed by atoms with Gasteiger partial charge in [0.25, 0.3) is 0 Å². The Morgan fingerprint density at radius 1 is 1.29 bits per heavy atom. The molecule has 1 fully saturated rings. The standard InChI is InChI=1S/C15H21N3O2S/c1-10(17-14(19)12-7-8-21-9-12)11-3-5-13(6-4-11)18-15(20)16-2/h3-6,10,12H,7-9H2,1-2H3,(H,17,19)(H2,16,18,20)/t10-,12?/m0/s1. The van der Waals surface area contributed by atoms with Gasteiger partial charge in [-0.2, -0.15) is 11.8 Å². The molecule has 21 heavy (non-hydrogen) atoms. The van der Waals surface area contributed by atoms with Gasteiger partial charge < -0.3 is 16.0 Å². The Kier molecular flexibility index (Phi) is 5.50. The second-order valence-corrected chi connectivity index (χ2v) is 6.27. The first kappa shape index (κ1) is 15.7. The third-order valence-corrected chi connectivity index (χ3v) is 4.72. The molecule has 1 aliphatic heterocycles. The van der Waals surface area contributed by atoms with Crippen LogP contribution in [0.4, 0.5) is 10.5 Å². The lowest BCUT2D eigenvalue weighted by Crippen LogP contribution is -2.32. The van der Waals surface area contributed by atoms with Gasteiger partial charge in [-0.05, 0) is 36.8 Å². The number of carbonyl (C=O) groups is 2. The van der Waals surface area contributed by atoms with E-state index in [1.807, 2.05) is 43.0 Å². The number of hydrogen-bond donors (Lipinski definition) is 3. The van der Waals surface area contributed by atoms with Crippen molar-refractivity contribution < 1.29 is 9.59 Å². The summed E-state index contributed by atoms with van der Waals surface area (Å²) in [5.41, 5.74) is 1.75. The van der Waals surface area contributed by atoms with Crippen LogP contribution < -0.4 is 16.0 Å². The molecule has 1 aromatic carbocycles. The Morgan fingerprint density at radius 2 is 2.00 bits per heavy atom. The average Bonchev–Trinajstić information content (AvgIpc) is 3.02. The van der Waals surface area contributed by atoms with Crippen LogP contribution in [0.25, 0.3) is 0 Å². The number of carbonyl (C=O) groups excluding carboxylic acids is 2. The molecule has 6 heteroatoms. The minimum atomic E-state index is -0.247. The maximum atomic E-state index is 12.1. The Balaban J connectivity index is 1.91. The summed E-state index contributed by atoms with van der Waals surface area (Å²) in [7, 11) is 1.57. The molecule has 1 heterocycles. The third-order valence-electron chi connectivity index (χ3n) is 3.55. The van der Waals surface area contributed by atoms with Gasteiger partial charge in [-0.1, -0.05) is 12.1 Å². The Morgan fingerprint density at radius 3 is 2.57 bits per heavy atom. The van der Waals surface area contributed by atoms with Gasteiger partial charge in [-0.15, -0.1) is 0 Å². The molecule has 3 N–H and O–H groups in total. The van der Waals surface area contributed by atoms with Crippen molar-refractivity contribution in [3.63, 3.8) is 0 Å². The molecule has 3 amide bonds. The van der Waals surface area contributed by atoms with Crippen LogP contribution in [0.5, 0.6) is 0 Å². The van der Waals surface area contributed by atoms with E-state index in [1.54, 1.807) is 7.05 Å². The fourth-order valence-corrected chi connectivity index (χ4v) is 3.43. The molecular weight excluding hydrogens is 286 g/mol. The summed E-state index contributed by atoms with van der Waals surface area (Å²) in [6.45, 7) is 1.97. The molecule has 2 rings (SSSR count). The number of anilines is 1. The molecule has 0 aliphatic carbocycles. The Labute approximate surface area is 129 Å². The van der Waals surface area contributed by atoms with Crippen molar-refractivity contribution in [3.05, 3.63) is 29.8 Å². The van der Waals surface area contributed by atoms with Gasteiger partial charge in [0.15, 0.2) is 0 Å². The lowest BCUT2D eigenvalue weighted by molar-refractivity contribution is -0.124. The molecule has 0 radical (unpaired) electrons. The summed E-state index contributed by atoms with van der Waals surface area (Å²) in [5.74, 6) is 2.28. The minimum Gasteiger partial charge on any atom is -0.349 e. The van der Waals surface area contributed by atoms with Crippen LogP contribution in [0, 0.1) is 5.92 Å². The number of benzene rings is 1. The van der Waals surface area contributed by atoms with Crippen LogP contribution in [0.3, 0.4) is 0 Å². The number of nitrogens with one attached hydrogen (secondary N) is 3. The van der Waals surface area contributed by atoms with Crippen LogP contribution >= 0.6 is 11.8 Å². The zero-order valence-corrected chi connectivity index (χ0v) is 13.1. The summed E-state index contributed by atoms with van der Waals surface area (Å²) in [6, 6.07) is 7.22. The van der Waals surface area contributed by atoms with E-state index >= 15 is 0 Å². The second-order valence-electron chi connectivity index (χ2n) is 5.12. The van der Waals surface area contributed by atoms with E-state index in [9.17, 15) is 9.59 Å². The highest BCUT2D eigenvalue weighted by atomic mass is 32.2. The zero-order valence-electron chi connectivity index (χ0n) is 12.3. The van der Waals surface area contributed by atoms with Crippen LogP contribution in [0.15, 0.2) is 24.3 Å². The van der Waals surface area contributed by atoms with Crippen molar-refractivity contribution in [2.45, 2.75) is 19.4 Å². The molecule has 2 atom stereocenters. The van der Waals surface area contributed by atoms with Gasteiger partial charge in [-0.3, -0.25) is 4.79 Å². The highest BCUT2D eigenvalue weighted by molar-refractivity contribution is 7.99. The summed E-state index contributed by atoms with van der Waals surface area (Å²) >= 11 is 1.84. The first-order valence-electron chi connectivity index (χ1n) is 7.07. The molecule has 114 valence electrons. The molecule has 5 nitrogen and oxygen atoms in total. The van der Waals surface area contributed by atoms with E-state index in [4.69, 9.17) is 0 Å². The normalized spacial score (nSPS) is 18.9. The largest absolute Gasteiger partial charge is 0.349 e. The molecule has 0 bridgehead atoms. The summed E-state index contributed by atoms with van der Waals surface area (Å²) in [5, 5.41) is 8.26. The van der Waals surface area contributed by atoms with E-state index in [0.29, 0.717) is 0 Å². The van der Waals surface area contributed by atoms with Crippen LogP contribution in [0.1, 0.15) is 24.9 Å². The summed E-state index contributed by atoms with van der Waals surface area (Å²) in [4.78, 5) is 23.3. The molecule has 0 saturated carbocycles. The number of amides is 3. The lowest BCUT2D eigenvalue weighted by atomic mass is 10.0. The van der Waals surface area contributed by atoms with Crippen LogP contribution in [-0.2, 0) is 4.79 Å². The Hall–Kier alpha value is -1.69. The van der Waals surface area contributed by atoms with Gasteiger partial charge in [0.2, 0.25) is 5.91 Å². The molecule has 0 aromatic heterocycles. The number of hydrogen-bond acceptors (Lipinski definition) is 3. The third kappa shape index (κ3) is 4.39. The highest BCUT2D eigenvalue weighted by Crippen LogP contribution is 2.24. The van der Waals surface area contributed by atoms with Crippen molar-refractivity contribution in [2.75, 3.05) is 23.9 Å². The fourth-order valence-electron chi connectivity index (χ4n) is 2.20. The smallest absolute Gasteiger partial charge is 0.318 e. The summed E-state index contributed by atoms with van der Waals surface area (Å²) < 4.78 is 0. The van der Waals surface area contributed by atoms with Crippen LogP contribution in [0.2, 0.25) is 0 Å². The molecule has 1 aromatic rings. The lowest BCUT2D eigenvalue weighted by Gasteiger charge is -2.17. The first-order chi connectivity index (χ1) is 10.1. The van der Waals surface area contributed by atoms with E-state index in [-0.39, 0.29) is 23.9 Å². The van der Waals surface area contributed by atoms with Crippen molar-refractivity contribution >= 4 is 29.4 Å². The average molecular weight is 307 g/mol. The minimum absolute atomic E-state index is 0.0304. The quantitative estimate of drug-likeness (QED) is 0.800. The number of urea groups is 1. The van der Waals surface area contributed by atoms with Gasteiger partial charge in [0.1, 0.15) is 0 Å². The van der Waals surface area contributed by atoms with Crippen molar-refractivity contribution in [1.82, 2.24) is 10.6 Å². The molecule has 1 saturated heterocycles. The van der Waals surface area contributed by atoms with Crippen molar-refractivity contribution in [1.29, 1.82) is 0 Å². The maximum Gasteiger partial charge on any atom is 0.318 e. The summed E-state index contributed by atoms with van der Waals surface area (Å²) in [6.07, 6.45) is 0.970. The predicted molar refractivity (Wildman–Crippen MR) is 86.5 cm³/mol.